The number of nitro groups is 1. The van der Waals surface area contributed by atoms with Crippen LogP contribution in [0.15, 0.2) is 18.2 Å². The molecule has 110 valence electrons. The highest BCUT2D eigenvalue weighted by molar-refractivity contribution is 5.44. The van der Waals surface area contributed by atoms with Gasteiger partial charge in [-0.1, -0.05) is 0 Å². The monoisotopic (exact) mass is 291 g/mol. The Kier molecular flexibility index (Phi) is 3.85. The van der Waals surface area contributed by atoms with Crippen molar-refractivity contribution >= 4 is 5.69 Å². The van der Waals surface area contributed by atoms with E-state index in [1.165, 1.54) is 18.2 Å². The van der Waals surface area contributed by atoms with Gasteiger partial charge in [-0.3, -0.25) is 10.1 Å². The summed E-state index contributed by atoms with van der Waals surface area (Å²) in [6.45, 7) is 0. The fraction of sp³-hybridized carbons (Fsp3) is 0.500. The summed E-state index contributed by atoms with van der Waals surface area (Å²) in [4.78, 5) is 10.1. The predicted octanol–water partition coefficient (Wildman–Crippen LogP) is 2.60. The molecule has 2 rings (SSSR count). The highest BCUT2D eigenvalue weighted by atomic mass is 19.4. The lowest BCUT2D eigenvalue weighted by atomic mass is 9.98. The van der Waals surface area contributed by atoms with Crippen molar-refractivity contribution in [1.82, 2.24) is 0 Å². The van der Waals surface area contributed by atoms with E-state index in [1.54, 1.807) is 0 Å². The summed E-state index contributed by atoms with van der Waals surface area (Å²) < 4.78 is 42.1. The molecule has 5 nitrogen and oxygen atoms in total. The molecule has 8 heteroatoms. The van der Waals surface area contributed by atoms with Crippen LogP contribution in [0.2, 0.25) is 0 Å². The first-order chi connectivity index (χ1) is 9.27. The van der Waals surface area contributed by atoms with Crippen LogP contribution in [0.1, 0.15) is 18.4 Å². The lowest BCUT2D eigenvalue weighted by molar-refractivity contribution is -0.385. The molecule has 2 unspecified atom stereocenters. The third kappa shape index (κ3) is 3.19. The summed E-state index contributed by atoms with van der Waals surface area (Å²) >= 11 is 0. The molecule has 1 aliphatic heterocycles. The fourth-order valence-corrected chi connectivity index (χ4v) is 2.09. The molecule has 1 aromatic carbocycles. The van der Waals surface area contributed by atoms with Gasteiger partial charge in [0.05, 0.1) is 4.92 Å². The van der Waals surface area contributed by atoms with Crippen LogP contribution in [0, 0.1) is 10.1 Å². The Morgan fingerprint density at radius 2 is 2.20 bits per heavy atom. The van der Waals surface area contributed by atoms with Gasteiger partial charge in [-0.05, 0) is 18.9 Å². The summed E-state index contributed by atoms with van der Waals surface area (Å²) in [5, 5.41) is 19.6. The van der Waals surface area contributed by atoms with Crippen LogP contribution < -0.4 is 4.74 Å². The van der Waals surface area contributed by atoms with Crippen LogP contribution in [-0.4, -0.2) is 28.4 Å². The standard InChI is InChI=1S/C12H12F3NO4/c13-12(14,15)11(17)6-9-3-1-7-5-8(16(18)19)2-4-10(7)20-9/h2,4-5,9,11,17H,1,3,6H2. The number of fused-ring (bicyclic) bond motifs is 1. The normalized spacial score (nSPS) is 19.9. The summed E-state index contributed by atoms with van der Waals surface area (Å²) in [6, 6.07) is 3.97. The highest BCUT2D eigenvalue weighted by Crippen LogP contribution is 2.33. The number of non-ortho nitro benzene ring substituents is 1. The molecule has 20 heavy (non-hydrogen) atoms. The largest absolute Gasteiger partial charge is 0.490 e. The van der Waals surface area contributed by atoms with Crippen molar-refractivity contribution in [3.8, 4) is 5.75 Å². The number of alkyl halides is 3. The second kappa shape index (κ2) is 5.28. The van der Waals surface area contributed by atoms with E-state index in [1.807, 2.05) is 0 Å². The third-order valence-corrected chi connectivity index (χ3v) is 3.15. The molecule has 1 aliphatic rings. The van der Waals surface area contributed by atoms with Crippen molar-refractivity contribution < 1.29 is 27.9 Å². The maximum atomic E-state index is 12.3. The smallest absolute Gasteiger partial charge is 0.414 e. The van der Waals surface area contributed by atoms with E-state index in [9.17, 15) is 23.3 Å². The molecule has 1 heterocycles. The van der Waals surface area contributed by atoms with Crippen LogP contribution >= 0.6 is 0 Å². The summed E-state index contributed by atoms with van der Waals surface area (Å²) in [6.07, 6.45) is -7.72. The van der Waals surface area contributed by atoms with Gasteiger partial charge in [0.1, 0.15) is 11.9 Å². The highest BCUT2D eigenvalue weighted by Gasteiger charge is 2.40. The van der Waals surface area contributed by atoms with Gasteiger partial charge in [0.2, 0.25) is 0 Å². The number of aliphatic hydroxyl groups is 1. The van der Waals surface area contributed by atoms with Crippen molar-refractivity contribution in [3.63, 3.8) is 0 Å². The Bertz CT molecular complexity index is 518. The molecule has 0 saturated heterocycles. The Hall–Kier alpha value is -1.83. The summed E-state index contributed by atoms with van der Waals surface area (Å²) in [7, 11) is 0. The van der Waals surface area contributed by atoms with Crippen molar-refractivity contribution in [3.05, 3.63) is 33.9 Å². The van der Waals surface area contributed by atoms with Crippen molar-refractivity contribution in [1.29, 1.82) is 0 Å². The van der Waals surface area contributed by atoms with Gasteiger partial charge in [-0.15, -0.1) is 0 Å². The SMILES string of the molecule is O=[N+]([O-])c1ccc2c(c1)CCC(CC(O)C(F)(F)F)O2. The second-order valence-electron chi connectivity index (χ2n) is 4.62. The first-order valence-electron chi connectivity index (χ1n) is 5.96. The van der Waals surface area contributed by atoms with E-state index in [-0.39, 0.29) is 12.1 Å². The maximum Gasteiger partial charge on any atom is 0.414 e. The number of nitro benzene ring substituents is 1. The van der Waals surface area contributed by atoms with Crippen LogP contribution in [-0.2, 0) is 6.42 Å². The van der Waals surface area contributed by atoms with Gasteiger partial charge >= 0.3 is 6.18 Å². The zero-order chi connectivity index (χ0) is 14.9. The van der Waals surface area contributed by atoms with E-state index >= 15 is 0 Å². The van der Waals surface area contributed by atoms with Crippen LogP contribution in [0.4, 0.5) is 18.9 Å². The Labute approximate surface area is 112 Å². The van der Waals surface area contributed by atoms with Gasteiger partial charge in [-0.2, -0.15) is 13.2 Å². The number of halogens is 3. The minimum absolute atomic E-state index is 0.0823. The van der Waals surface area contributed by atoms with Crippen LogP contribution in [0.25, 0.3) is 0 Å². The molecule has 1 aromatic rings. The Morgan fingerprint density at radius 1 is 1.50 bits per heavy atom. The summed E-state index contributed by atoms with van der Waals surface area (Å²) in [5.41, 5.74) is 0.512. The van der Waals surface area contributed by atoms with E-state index in [4.69, 9.17) is 9.84 Å². The molecule has 0 aliphatic carbocycles. The molecular formula is C12H12F3NO4. The molecular weight excluding hydrogens is 279 g/mol. The van der Waals surface area contributed by atoms with Gasteiger partial charge in [-0.25, -0.2) is 0 Å². The molecule has 1 N–H and O–H groups in total. The molecule has 0 saturated carbocycles. The summed E-state index contributed by atoms with van der Waals surface area (Å²) in [5.74, 6) is 0.334. The minimum atomic E-state index is -4.67. The number of aliphatic hydroxyl groups excluding tert-OH is 1. The van der Waals surface area contributed by atoms with E-state index < -0.39 is 29.7 Å². The van der Waals surface area contributed by atoms with Crippen LogP contribution in [0.5, 0.6) is 5.75 Å². The Morgan fingerprint density at radius 3 is 2.80 bits per heavy atom. The maximum absolute atomic E-state index is 12.3. The topological polar surface area (TPSA) is 72.6 Å². The average molecular weight is 291 g/mol. The minimum Gasteiger partial charge on any atom is -0.490 e. The van der Waals surface area contributed by atoms with Gasteiger partial charge in [0.15, 0.2) is 6.10 Å². The number of aryl methyl sites for hydroxylation is 1. The van der Waals surface area contributed by atoms with E-state index in [0.29, 0.717) is 17.7 Å². The zero-order valence-corrected chi connectivity index (χ0v) is 10.3. The van der Waals surface area contributed by atoms with Crippen molar-refractivity contribution in [2.24, 2.45) is 0 Å². The lowest BCUT2D eigenvalue weighted by Gasteiger charge is -2.28. The van der Waals surface area contributed by atoms with Crippen molar-refractivity contribution in [2.75, 3.05) is 0 Å². The predicted molar refractivity (Wildman–Crippen MR) is 62.5 cm³/mol. The molecule has 0 bridgehead atoms. The number of hydrogen-bond acceptors (Lipinski definition) is 4. The molecule has 0 spiro atoms. The molecule has 2 atom stereocenters. The first kappa shape index (κ1) is 14.6. The zero-order valence-electron chi connectivity index (χ0n) is 10.3. The quantitative estimate of drug-likeness (QED) is 0.686. The van der Waals surface area contributed by atoms with E-state index in [2.05, 4.69) is 0 Å². The van der Waals surface area contributed by atoms with Gasteiger partial charge < -0.3 is 9.84 Å². The first-order valence-corrected chi connectivity index (χ1v) is 5.96. The number of hydrogen-bond donors (Lipinski definition) is 1. The average Bonchev–Trinajstić information content (AvgIpc) is 2.36. The Balaban J connectivity index is 2.06. The molecule has 0 fully saturated rings. The second-order valence-corrected chi connectivity index (χ2v) is 4.62. The van der Waals surface area contributed by atoms with Gasteiger partial charge in [0, 0.05) is 24.1 Å². The van der Waals surface area contributed by atoms with Crippen molar-refractivity contribution in [2.45, 2.75) is 37.6 Å². The van der Waals surface area contributed by atoms with Gasteiger partial charge in [0.25, 0.3) is 5.69 Å². The number of ether oxygens (including phenoxy) is 1. The molecule has 0 aromatic heterocycles. The third-order valence-electron chi connectivity index (χ3n) is 3.15. The fourth-order valence-electron chi connectivity index (χ4n) is 2.09. The van der Waals surface area contributed by atoms with Crippen LogP contribution in [0.3, 0.4) is 0 Å². The number of rotatable bonds is 3. The molecule has 0 radical (unpaired) electrons. The lowest BCUT2D eigenvalue weighted by Crippen LogP contribution is -2.35. The number of nitrogens with zero attached hydrogens (tertiary/aromatic N) is 1. The van der Waals surface area contributed by atoms with E-state index in [0.717, 1.165) is 0 Å². The molecule has 0 amide bonds. The number of benzene rings is 1.